The summed E-state index contributed by atoms with van der Waals surface area (Å²) in [6.07, 6.45) is -4.80. The zero-order valence-electron chi connectivity index (χ0n) is 9.73. The van der Waals surface area contributed by atoms with Gasteiger partial charge in [-0.3, -0.25) is 9.69 Å². The number of benzene rings is 1. The topological polar surface area (TPSA) is 49.8 Å². The Labute approximate surface area is 102 Å². The van der Waals surface area contributed by atoms with Crippen LogP contribution < -0.4 is 4.74 Å². The third-order valence-electron chi connectivity index (χ3n) is 2.16. The highest BCUT2D eigenvalue weighted by Gasteiger charge is 2.31. The highest BCUT2D eigenvalue weighted by molar-refractivity contribution is 5.75. The average Bonchev–Trinajstić information content (AvgIpc) is 2.13. The van der Waals surface area contributed by atoms with Crippen LogP contribution in [-0.4, -0.2) is 36.4 Å². The first-order valence-corrected chi connectivity index (χ1v) is 4.95. The van der Waals surface area contributed by atoms with Gasteiger partial charge in [-0.2, -0.15) is 0 Å². The maximum absolute atomic E-state index is 12.0. The molecule has 0 fully saturated rings. The van der Waals surface area contributed by atoms with Gasteiger partial charge < -0.3 is 9.84 Å². The van der Waals surface area contributed by atoms with Crippen molar-refractivity contribution in [3.05, 3.63) is 29.8 Å². The summed E-state index contributed by atoms with van der Waals surface area (Å²) in [5.41, 5.74) is 0.217. The summed E-state index contributed by atoms with van der Waals surface area (Å²) in [7, 11) is 3.05. The van der Waals surface area contributed by atoms with Crippen LogP contribution in [0.3, 0.4) is 0 Å². The highest BCUT2D eigenvalue weighted by atomic mass is 19.4. The number of alkyl halides is 3. The van der Waals surface area contributed by atoms with Crippen molar-refractivity contribution in [3.63, 3.8) is 0 Å². The van der Waals surface area contributed by atoms with Crippen molar-refractivity contribution in [2.45, 2.75) is 12.4 Å². The quantitative estimate of drug-likeness (QED) is 0.905. The number of likely N-dealkylation sites (N-methyl/N-ethyl adjacent to an activating group) is 1. The van der Waals surface area contributed by atoms with E-state index in [9.17, 15) is 18.0 Å². The van der Waals surface area contributed by atoms with Crippen LogP contribution in [0.1, 0.15) is 11.6 Å². The molecule has 0 saturated heterocycles. The number of rotatable bonds is 4. The van der Waals surface area contributed by atoms with Gasteiger partial charge in [0.15, 0.2) is 0 Å². The molecule has 0 amide bonds. The Morgan fingerprint density at radius 2 is 2.00 bits per heavy atom. The average molecular weight is 263 g/mol. The van der Waals surface area contributed by atoms with Crippen LogP contribution in [0, 0.1) is 0 Å². The number of hydrogen-bond donors (Lipinski definition) is 1. The maximum atomic E-state index is 12.0. The largest absolute Gasteiger partial charge is 0.573 e. The number of nitrogens with zero attached hydrogens (tertiary/aromatic N) is 1. The molecular weight excluding hydrogens is 251 g/mol. The molecule has 0 aliphatic rings. The van der Waals surface area contributed by atoms with E-state index >= 15 is 0 Å². The van der Waals surface area contributed by atoms with Crippen molar-refractivity contribution in [2.75, 3.05) is 14.1 Å². The fourth-order valence-corrected chi connectivity index (χ4v) is 1.54. The van der Waals surface area contributed by atoms with E-state index in [1.165, 1.54) is 31.1 Å². The minimum atomic E-state index is -4.80. The van der Waals surface area contributed by atoms with Crippen molar-refractivity contribution >= 4 is 5.97 Å². The molecule has 1 N–H and O–H groups in total. The van der Waals surface area contributed by atoms with Crippen LogP contribution in [0.15, 0.2) is 24.3 Å². The van der Waals surface area contributed by atoms with Gasteiger partial charge in [-0.1, -0.05) is 12.1 Å². The molecule has 100 valence electrons. The van der Waals surface area contributed by atoms with Crippen molar-refractivity contribution in [1.82, 2.24) is 4.90 Å². The lowest BCUT2D eigenvalue weighted by molar-refractivity contribution is -0.274. The Balaban J connectivity index is 3.03. The summed E-state index contributed by atoms with van der Waals surface area (Å²) in [6.45, 7) is 0. The zero-order chi connectivity index (χ0) is 13.9. The van der Waals surface area contributed by atoms with E-state index in [4.69, 9.17) is 5.11 Å². The third kappa shape index (κ3) is 3.92. The summed E-state index contributed by atoms with van der Waals surface area (Å²) in [6, 6.07) is 3.90. The van der Waals surface area contributed by atoms with Crippen molar-refractivity contribution in [2.24, 2.45) is 0 Å². The van der Waals surface area contributed by atoms with E-state index in [1.807, 2.05) is 0 Å². The molecule has 1 rings (SSSR count). The van der Waals surface area contributed by atoms with Gasteiger partial charge in [0.25, 0.3) is 0 Å². The first-order valence-electron chi connectivity index (χ1n) is 4.95. The second kappa shape index (κ2) is 5.26. The number of carbonyl (C=O) groups is 1. The van der Waals surface area contributed by atoms with Gasteiger partial charge in [0.05, 0.1) is 0 Å². The Hall–Kier alpha value is -1.76. The predicted molar refractivity (Wildman–Crippen MR) is 57.2 cm³/mol. The van der Waals surface area contributed by atoms with Crippen LogP contribution in [0.2, 0.25) is 0 Å². The van der Waals surface area contributed by atoms with Gasteiger partial charge in [-0.05, 0) is 31.8 Å². The van der Waals surface area contributed by atoms with Crippen molar-refractivity contribution in [3.8, 4) is 5.75 Å². The molecule has 1 atom stereocenters. The van der Waals surface area contributed by atoms with Crippen LogP contribution >= 0.6 is 0 Å². The monoisotopic (exact) mass is 263 g/mol. The molecule has 0 unspecified atom stereocenters. The first-order chi connectivity index (χ1) is 8.20. The molecular formula is C11H12F3NO3. The van der Waals surface area contributed by atoms with E-state index in [1.54, 1.807) is 0 Å². The summed E-state index contributed by atoms with van der Waals surface area (Å²) in [5, 5.41) is 9.02. The van der Waals surface area contributed by atoms with Gasteiger partial charge in [-0.25, -0.2) is 0 Å². The molecule has 0 radical (unpaired) electrons. The number of carboxylic acids is 1. The summed E-state index contributed by atoms with van der Waals surface area (Å²) in [5.74, 6) is -1.59. The smallest absolute Gasteiger partial charge is 0.480 e. The Morgan fingerprint density at radius 3 is 2.44 bits per heavy atom. The molecule has 0 saturated carbocycles. The lowest BCUT2D eigenvalue weighted by atomic mass is 10.1. The number of aliphatic carboxylic acids is 1. The van der Waals surface area contributed by atoms with Crippen LogP contribution in [-0.2, 0) is 4.79 Å². The third-order valence-corrected chi connectivity index (χ3v) is 2.16. The Morgan fingerprint density at radius 1 is 1.39 bits per heavy atom. The molecule has 1 aromatic carbocycles. The van der Waals surface area contributed by atoms with Crippen molar-refractivity contribution in [1.29, 1.82) is 0 Å². The predicted octanol–water partition coefficient (Wildman–Crippen LogP) is 2.27. The highest BCUT2D eigenvalue weighted by Crippen LogP contribution is 2.27. The minimum absolute atomic E-state index is 0.217. The normalized spacial score (nSPS) is 13.4. The molecule has 0 bridgehead atoms. The van der Waals surface area contributed by atoms with Gasteiger partial charge >= 0.3 is 12.3 Å². The summed E-state index contributed by atoms with van der Waals surface area (Å²) >= 11 is 0. The lowest BCUT2D eigenvalue weighted by Crippen LogP contribution is -2.27. The van der Waals surface area contributed by atoms with E-state index < -0.39 is 24.1 Å². The molecule has 7 heteroatoms. The second-order valence-electron chi connectivity index (χ2n) is 3.82. The van der Waals surface area contributed by atoms with E-state index in [0.717, 1.165) is 12.1 Å². The fourth-order valence-electron chi connectivity index (χ4n) is 1.54. The van der Waals surface area contributed by atoms with Gasteiger partial charge in [-0.15, -0.1) is 13.2 Å². The number of carboxylic acid groups (broad SMARTS) is 1. The second-order valence-corrected chi connectivity index (χ2v) is 3.82. The van der Waals surface area contributed by atoms with Crippen LogP contribution in [0.5, 0.6) is 5.75 Å². The SMILES string of the molecule is CN(C)[C@H](C(=O)O)c1cccc(OC(F)(F)F)c1. The molecule has 0 heterocycles. The fraction of sp³-hybridized carbons (Fsp3) is 0.364. The number of halogens is 3. The van der Waals surface area contributed by atoms with Crippen LogP contribution in [0.25, 0.3) is 0 Å². The van der Waals surface area contributed by atoms with E-state index in [0.29, 0.717) is 0 Å². The summed E-state index contributed by atoms with van der Waals surface area (Å²) < 4.78 is 39.9. The molecule has 0 aromatic heterocycles. The zero-order valence-corrected chi connectivity index (χ0v) is 9.73. The van der Waals surface area contributed by atoms with E-state index in [2.05, 4.69) is 4.74 Å². The molecule has 1 aromatic rings. The molecule has 0 aliphatic heterocycles. The molecule has 18 heavy (non-hydrogen) atoms. The maximum Gasteiger partial charge on any atom is 0.573 e. The lowest BCUT2D eigenvalue weighted by Gasteiger charge is -2.21. The number of ether oxygens (including phenoxy) is 1. The van der Waals surface area contributed by atoms with Gasteiger partial charge in [0.1, 0.15) is 11.8 Å². The van der Waals surface area contributed by atoms with E-state index in [-0.39, 0.29) is 5.56 Å². The Kier molecular flexibility index (Phi) is 4.18. The summed E-state index contributed by atoms with van der Waals surface area (Å²) in [4.78, 5) is 12.4. The molecule has 0 aliphatic carbocycles. The first kappa shape index (κ1) is 14.3. The molecule has 0 spiro atoms. The standard InChI is InChI=1S/C11H12F3NO3/c1-15(2)9(10(16)17)7-4-3-5-8(6-7)18-11(12,13)14/h3-6,9H,1-2H3,(H,16,17)/t9-/m0/s1. The van der Waals surface area contributed by atoms with Gasteiger partial charge in [0, 0.05) is 0 Å². The Bertz CT molecular complexity index is 432. The molecule has 4 nitrogen and oxygen atoms in total. The van der Waals surface area contributed by atoms with Crippen molar-refractivity contribution < 1.29 is 27.8 Å². The van der Waals surface area contributed by atoms with Crippen LogP contribution in [0.4, 0.5) is 13.2 Å². The number of hydrogen-bond acceptors (Lipinski definition) is 3. The van der Waals surface area contributed by atoms with Gasteiger partial charge in [0.2, 0.25) is 0 Å². The minimum Gasteiger partial charge on any atom is -0.480 e.